The molecule has 0 spiro atoms. The van der Waals surface area contributed by atoms with Crippen molar-refractivity contribution in [1.29, 1.82) is 0 Å². The minimum atomic E-state index is 0.693. The van der Waals surface area contributed by atoms with Crippen LogP contribution in [0.1, 0.15) is 5.56 Å². The van der Waals surface area contributed by atoms with Crippen molar-refractivity contribution in [1.82, 2.24) is 4.98 Å². The maximum absolute atomic E-state index is 5.97. The molecule has 4 heteroatoms. The number of hydrogen-bond acceptors (Lipinski definition) is 3. The zero-order valence-corrected chi connectivity index (χ0v) is 12.6. The van der Waals surface area contributed by atoms with Crippen LogP contribution in [0.15, 0.2) is 53.1 Å². The summed E-state index contributed by atoms with van der Waals surface area (Å²) in [6, 6.07) is 14.0. The number of nitrogens with one attached hydrogen (secondary N) is 1. The first kappa shape index (κ1) is 12.9. The Kier molecular flexibility index (Phi) is 3.32. The van der Waals surface area contributed by atoms with Crippen LogP contribution in [0.5, 0.6) is 0 Å². The van der Waals surface area contributed by atoms with E-state index in [1.165, 1.54) is 5.56 Å². The third-order valence-electron chi connectivity index (χ3n) is 3.26. The van der Waals surface area contributed by atoms with Crippen molar-refractivity contribution in [2.24, 2.45) is 0 Å². The van der Waals surface area contributed by atoms with Crippen molar-refractivity contribution in [3.05, 3.63) is 58.7 Å². The van der Waals surface area contributed by atoms with Gasteiger partial charge in [0.1, 0.15) is 0 Å². The number of aryl methyl sites for hydroxylation is 1. The summed E-state index contributed by atoms with van der Waals surface area (Å²) < 4.78 is 1.07. The number of rotatable bonds is 2. The number of hydrogen-bond donors (Lipinski definition) is 2. The third-order valence-corrected chi connectivity index (χ3v) is 3.75. The fraction of sp³-hybridized carbons (Fsp3) is 0.0625. The van der Waals surface area contributed by atoms with Gasteiger partial charge in [-0.1, -0.05) is 28.1 Å². The van der Waals surface area contributed by atoms with Gasteiger partial charge in [0.25, 0.3) is 0 Å². The summed E-state index contributed by atoms with van der Waals surface area (Å²) in [5.41, 5.74) is 10.7. The van der Waals surface area contributed by atoms with Crippen LogP contribution in [0.3, 0.4) is 0 Å². The second-order valence-electron chi connectivity index (χ2n) is 4.69. The quantitative estimate of drug-likeness (QED) is 0.674. The van der Waals surface area contributed by atoms with Gasteiger partial charge in [0.05, 0.1) is 11.2 Å². The maximum atomic E-state index is 5.97. The Morgan fingerprint density at radius 3 is 2.75 bits per heavy atom. The van der Waals surface area contributed by atoms with Gasteiger partial charge in [-0.15, -0.1) is 0 Å². The Morgan fingerprint density at radius 2 is 1.95 bits per heavy atom. The van der Waals surface area contributed by atoms with Crippen LogP contribution in [-0.4, -0.2) is 4.98 Å². The highest BCUT2D eigenvalue weighted by atomic mass is 79.9. The summed E-state index contributed by atoms with van der Waals surface area (Å²) in [7, 11) is 0. The predicted octanol–water partition coefficient (Wildman–Crippen LogP) is 4.63. The normalized spacial score (nSPS) is 10.7. The first-order chi connectivity index (χ1) is 9.65. The molecule has 100 valence electrons. The lowest BCUT2D eigenvalue weighted by molar-refractivity contribution is 1.39. The molecule has 3 aromatic rings. The van der Waals surface area contributed by atoms with E-state index < -0.39 is 0 Å². The molecule has 2 aromatic carbocycles. The Bertz CT molecular complexity index is 784. The fourth-order valence-electron chi connectivity index (χ4n) is 2.22. The van der Waals surface area contributed by atoms with Crippen LogP contribution in [-0.2, 0) is 0 Å². The van der Waals surface area contributed by atoms with Gasteiger partial charge in [0.2, 0.25) is 0 Å². The minimum Gasteiger partial charge on any atom is -0.397 e. The van der Waals surface area contributed by atoms with Gasteiger partial charge >= 0.3 is 0 Å². The Labute approximate surface area is 126 Å². The summed E-state index contributed by atoms with van der Waals surface area (Å²) in [5, 5.41) is 4.48. The predicted molar refractivity (Wildman–Crippen MR) is 88.3 cm³/mol. The summed E-state index contributed by atoms with van der Waals surface area (Å²) >= 11 is 3.48. The van der Waals surface area contributed by atoms with Gasteiger partial charge in [0, 0.05) is 27.4 Å². The van der Waals surface area contributed by atoms with E-state index in [1.54, 1.807) is 6.20 Å². The van der Waals surface area contributed by atoms with Crippen molar-refractivity contribution in [2.75, 3.05) is 11.1 Å². The molecule has 0 saturated heterocycles. The van der Waals surface area contributed by atoms with E-state index in [9.17, 15) is 0 Å². The van der Waals surface area contributed by atoms with Gasteiger partial charge in [-0.05, 0) is 42.8 Å². The lowest BCUT2D eigenvalue weighted by Crippen LogP contribution is -1.96. The van der Waals surface area contributed by atoms with Crippen LogP contribution >= 0.6 is 15.9 Å². The third kappa shape index (κ3) is 2.34. The van der Waals surface area contributed by atoms with Gasteiger partial charge in [-0.25, -0.2) is 0 Å². The molecule has 3 rings (SSSR count). The average molecular weight is 328 g/mol. The van der Waals surface area contributed by atoms with Crippen molar-refractivity contribution < 1.29 is 0 Å². The van der Waals surface area contributed by atoms with Crippen LogP contribution in [0.2, 0.25) is 0 Å². The fourth-order valence-corrected chi connectivity index (χ4v) is 2.70. The lowest BCUT2D eigenvalue weighted by atomic mass is 10.1. The molecule has 0 atom stereocenters. The molecule has 0 saturated carbocycles. The molecule has 0 amide bonds. The zero-order valence-electron chi connectivity index (χ0n) is 11.0. The van der Waals surface area contributed by atoms with E-state index in [0.29, 0.717) is 5.69 Å². The van der Waals surface area contributed by atoms with E-state index >= 15 is 0 Å². The molecular formula is C16H14BrN3. The smallest absolute Gasteiger partial charge is 0.0951 e. The summed E-state index contributed by atoms with van der Waals surface area (Å²) in [4.78, 5) is 4.35. The topological polar surface area (TPSA) is 50.9 Å². The molecule has 0 bridgehead atoms. The number of nitrogens with zero attached hydrogens (tertiary/aromatic N) is 1. The maximum Gasteiger partial charge on any atom is 0.0951 e. The Morgan fingerprint density at radius 1 is 1.10 bits per heavy atom. The van der Waals surface area contributed by atoms with Crippen LogP contribution < -0.4 is 11.1 Å². The van der Waals surface area contributed by atoms with Gasteiger partial charge in [-0.2, -0.15) is 0 Å². The number of fused-ring (bicyclic) bond motifs is 1. The summed E-state index contributed by atoms with van der Waals surface area (Å²) in [6.45, 7) is 2.07. The van der Waals surface area contributed by atoms with Crippen molar-refractivity contribution in [2.45, 2.75) is 6.92 Å². The van der Waals surface area contributed by atoms with Gasteiger partial charge < -0.3 is 11.1 Å². The van der Waals surface area contributed by atoms with E-state index in [1.807, 2.05) is 30.3 Å². The zero-order chi connectivity index (χ0) is 14.1. The number of aromatic nitrogens is 1. The van der Waals surface area contributed by atoms with Gasteiger partial charge in [-0.3, -0.25) is 4.98 Å². The summed E-state index contributed by atoms with van der Waals surface area (Å²) in [6.07, 6.45) is 1.77. The molecule has 1 aromatic heterocycles. The highest BCUT2D eigenvalue weighted by molar-refractivity contribution is 9.10. The van der Waals surface area contributed by atoms with Crippen LogP contribution in [0.25, 0.3) is 10.9 Å². The number of halogens is 1. The van der Waals surface area contributed by atoms with E-state index in [-0.39, 0.29) is 0 Å². The van der Waals surface area contributed by atoms with E-state index in [4.69, 9.17) is 5.73 Å². The summed E-state index contributed by atoms with van der Waals surface area (Å²) in [5.74, 6) is 0. The molecule has 3 N–H and O–H groups in total. The molecule has 0 aliphatic rings. The number of nitrogen functional groups attached to an aromatic ring is 1. The first-order valence-corrected chi connectivity index (χ1v) is 7.11. The molecular weight excluding hydrogens is 314 g/mol. The number of pyridine rings is 1. The Balaban J connectivity index is 2.09. The van der Waals surface area contributed by atoms with E-state index in [0.717, 1.165) is 26.8 Å². The first-order valence-electron chi connectivity index (χ1n) is 6.31. The second-order valence-corrected chi connectivity index (χ2v) is 5.60. The number of para-hydroxylation sites is 1. The largest absolute Gasteiger partial charge is 0.397 e. The van der Waals surface area contributed by atoms with Gasteiger partial charge in [0.15, 0.2) is 0 Å². The van der Waals surface area contributed by atoms with Crippen LogP contribution in [0.4, 0.5) is 17.1 Å². The molecule has 0 radical (unpaired) electrons. The molecule has 3 nitrogen and oxygen atoms in total. The molecule has 0 fully saturated rings. The van der Waals surface area contributed by atoms with E-state index in [2.05, 4.69) is 45.3 Å². The standard InChI is InChI=1S/C16H14BrN3/c1-10-9-11(17)5-6-14(10)20-15-7-8-19-16-12(15)3-2-4-13(16)18/h2-9H,18H2,1H3,(H,19,20). The lowest BCUT2D eigenvalue weighted by Gasteiger charge is -2.12. The molecule has 0 aliphatic heterocycles. The molecule has 1 heterocycles. The van der Waals surface area contributed by atoms with Crippen molar-refractivity contribution >= 4 is 43.9 Å². The Hall–Kier alpha value is -2.07. The molecule has 20 heavy (non-hydrogen) atoms. The van der Waals surface area contributed by atoms with Crippen LogP contribution in [0, 0.1) is 6.92 Å². The highest BCUT2D eigenvalue weighted by Crippen LogP contribution is 2.30. The molecule has 0 aliphatic carbocycles. The molecule has 0 unspecified atom stereocenters. The highest BCUT2D eigenvalue weighted by Gasteiger charge is 2.06. The number of anilines is 3. The number of nitrogens with two attached hydrogens (primary N) is 1. The average Bonchev–Trinajstić information content (AvgIpc) is 2.43. The van der Waals surface area contributed by atoms with Crippen molar-refractivity contribution in [3.63, 3.8) is 0 Å². The van der Waals surface area contributed by atoms with Crippen molar-refractivity contribution in [3.8, 4) is 0 Å². The minimum absolute atomic E-state index is 0.693. The monoisotopic (exact) mass is 327 g/mol. The number of benzene rings is 2. The second kappa shape index (κ2) is 5.13. The SMILES string of the molecule is Cc1cc(Br)ccc1Nc1ccnc2c(N)cccc12.